The average molecular weight is 757 g/mol. The molecular formula is C41H80N4O4S2. The molecule has 0 amide bonds. The van der Waals surface area contributed by atoms with Gasteiger partial charge in [0, 0.05) is 37.4 Å². The van der Waals surface area contributed by atoms with Gasteiger partial charge >= 0.3 is 11.9 Å². The molecular weight excluding hydrogens is 677 g/mol. The predicted molar refractivity (Wildman–Crippen MR) is 224 cm³/mol. The summed E-state index contributed by atoms with van der Waals surface area (Å²) in [7, 11) is 0. The Bertz CT molecular complexity index is 755. The standard InChI is InChI=1S/C41H80N4O4S2/c1-3-5-7-9-11-13-15-17-19-21-32-48-40(46)28-36-50-34-23-26-38(42)44-30-25-31-45-39(43)27-24-35-51-37-29-41(47)49-33-22-20-18-16-14-12-10-8-6-4-2/h3-37H2,1-2H3,(H2,42,44)(H2,43,45). The molecule has 0 aliphatic heterocycles. The molecule has 0 radical (unpaired) electrons. The smallest absolute Gasteiger partial charge is 0.306 e. The second-order valence-electron chi connectivity index (χ2n) is 13.9. The molecule has 0 heterocycles. The van der Waals surface area contributed by atoms with Gasteiger partial charge in [-0.15, -0.1) is 0 Å². The molecule has 10 heteroatoms. The zero-order valence-corrected chi connectivity index (χ0v) is 34.8. The number of unbranched alkanes of at least 4 members (excludes halogenated alkanes) is 18. The minimum Gasteiger partial charge on any atom is -0.466 e. The summed E-state index contributed by atoms with van der Waals surface area (Å²) < 4.78 is 10.8. The van der Waals surface area contributed by atoms with Crippen molar-refractivity contribution in [1.82, 2.24) is 10.6 Å². The van der Waals surface area contributed by atoms with Crippen molar-refractivity contribution in [2.45, 2.75) is 187 Å². The number of thioether (sulfide) groups is 2. The third-order valence-electron chi connectivity index (χ3n) is 8.88. The maximum absolute atomic E-state index is 11.9. The number of ether oxygens (including phenoxy) is 2. The maximum atomic E-state index is 11.9. The Morgan fingerprint density at radius 3 is 1.12 bits per heavy atom. The highest BCUT2D eigenvalue weighted by Gasteiger charge is 2.05. The van der Waals surface area contributed by atoms with Crippen LogP contribution in [0.2, 0.25) is 0 Å². The van der Waals surface area contributed by atoms with Gasteiger partial charge in [-0.3, -0.25) is 20.4 Å². The predicted octanol–water partition coefficient (Wildman–Crippen LogP) is 11.2. The fourth-order valence-electron chi connectivity index (χ4n) is 5.66. The van der Waals surface area contributed by atoms with Crippen molar-refractivity contribution in [2.75, 3.05) is 49.3 Å². The highest BCUT2D eigenvalue weighted by atomic mass is 32.2. The number of rotatable bonds is 40. The number of hydrogen-bond donors (Lipinski definition) is 4. The molecule has 0 bridgehead atoms. The topological polar surface area (TPSA) is 124 Å². The zero-order valence-electron chi connectivity index (χ0n) is 33.2. The Morgan fingerprint density at radius 2 is 0.765 bits per heavy atom. The van der Waals surface area contributed by atoms with E-state index in [0.29, 0.717) is 50.6 Å². The van der Waals surface area contributed by atoms with Crippen molar-refractivity contribution in [1.29, 1.82) is 10.8 Å². The van der Waals surface area contributed by atoms with Crippen molar-refractivity contribution in [3.8, 4) is 0 Å². The van der Waals surface area contributed by atoms with E-state index in [1.807, 2.05) is 0 Å². The molecule has 0 aromatic rings. The normalized spacial score (nSPS) is 11.0. The summed E-state index contributed by atoms with van der Waals surface area (Å²) in [5, 5.41) is 22.6. The van der Waals surface area contributed by atoms with Crippen molar-refractivity contribution in [3.63, 3.8) is 0 Å². The van der Waals surface area contributed by atoms with Crippen LogP contribution in [0.3, 0.4) is 0 Å². The second kappa shape index (κ2) is 41.3. The van der Waals surface area contributed by atoms with Crippen LogP contribution >= 0.6 is 23.5 Å². The third kappa shape index (κ3) is 41.2. The monoisotopic (exact) mass is 757 g/mol. The van der Waals surface area contributed by atoms with E-state index in [1.165, 1.54) is 103 Å². The van der Waals surface area contributed by atoms with Gasteiger partial charge in [0.15, 0.2) is 0 Å². The summed E-state index contributed by atoms with van der Waals surface area (Å²) in [5.74, 6) is 4.38. The lowest BCUT2D eigenvalue weighted by molar-refractivity contribution is -0.144. The fourth-order valence-corrected chi connectivity index (χ4v) is 7.38. The van der Waals surface area contributed by atoms with E-state index >= 15 is 0 Å². The van der Waals surface area contributed by atoms with E-state index in [0.717, 1.165) is 81.0 Å². The van der Waals surface area contributed by atoms with Crippen LogP contribution in [0.5, 0.6) is 0 Å². The van der Waals surface area contributed by atoms with Crippen LogP contribution in [0, 0.1) is 10.8 Å². The molecule has 0 saturated heterocycles. The first kappa shape index (κ1) is 49.6. The number of carbonyl (C=O) groups is 2. The Morgan fingerprint density at radius 1 is 0.431 bits per heavy atom. The molecule has 51 heavy (non-hydrogen) atoms. The quantitative estimate of drug-likeness (QED) is 0.0211. The largest absolute Gasteiger partial charge is 0.466 e. The number of hydrogen-bond acceptors (Lipinski definition) is 8. The highest BCUT2D eigenvalue weighted by Crippen LogP contribution is 2.13. The van der Waals surface area contributed by atoms with Gasteiger partial charge in [-0.25, -0.2) is 0 Å². The third-order valence-corrected chi connectivity index (χ3v) is 11.0. The highest BCUT2D eigenvalue weighted by molar-refractivity contribution is 7.99. The van der Waals surface area contributed by atoms with Crippen molar-refractivity contribution >= 4 is 47.1 Å². The van der Waals surface area contributed by atoms with Crippen molar-refractivity contribution in [2.24, 2.45) is 0 Å². The van der Waals surface area contributed by atoms with Gasteiger partial charge in [-0.05, 0) is 43.6 Å². The van der Waals surface area contributed by atoms with Gasteiger partial charge in [0.2, 0.25) is 0 Å². The van der Waals surface area contributed by atoms with E-state index in [-0.39, 0.29) is 11.9 Å². The summed E-state index contributed by atoms with van der Waals surface area (Å²) in [6, 6.07) is 0. The van der Waals surface area contributed by atoms with Crippen LogP contribution in [0.1, 0.15) is 187 Å². The summed E-state index contributed by atoms with van der Waals surface area (Å²) in [4.78, 5) is 23.9. The van der Waals surface area contributed by atoms with Gasteiger partial charge < -0.3 is 20.1 Å². The van der Waals surface area contributed by atoms with Crippen LogP contribution in [-0.4, -0.2) is 72.9 Å². The molecule has 0 unspecified atom stereocenters. The molecule has 4 N–H and O–H groups in total. The molecule has 0 saturated carbocycles. The lowest BCUT2D eigenvalue weighted by Crippen LogP contribution is -2.29. The number of amidine groups is 2. The Balaban J connectivity index is 3.40. The second-order valence-corrected chi connectivity index (χ2v) is 16.4. The van der Waals surface area contributed by atoms with Crippen LogP contribution in [0.4, 0.5) is 0 Å². The summed E-state index contributed by atoms with van der Waals surface area (Å²) in [6.45, 7) is 7.07. The molecule has 0 aromatic carbocycles. The van der Waals surface area contributed by atoms with E-state index in [4.69, 9.17) is 20.3 Å². The molecule has 0 fully saturated rings. The molecule has 0 rings (SSSR count). The zero-order chi connectivity index (χ0) is 37.3. The summed E-state index contributed by atoms with van der Waals surface area (Å²) >= 11 is 3.51. The first-order valence-corrected chi connectivity index (χ1v) is 23.4. The lowest BCUT2D eigenvalue weighted by Gasteiger charge is -2.10. The van der Waals surface area contributed by atoms with Gasteiger partial charge in [-0.2, -0.15) is 23.5 Å². The molecule has 0 atom stereocenters. The van der Waals surface area contributed by atoms with Crippen LogP contribution < -0.4 is 10.6 Å². The van der Waals surface area contributed by atoms with Gasteiger partial charge in [0.05, 0.1) is 37.7 Å². The Hall–Kier alpha value is -1.42. The number of nitrogens with one attached hydrogen (secondary N) is 4. The molecule has 0 aliphatic carbocycles. The van der Waals surface area contributed by atoms with Crippen molar-refractivity contribution < 1.29 is 19.1 Å². The summed E-state index contributed by atoms with van der Waals surface area (Å²) in [5.41, 5.74) is 0. The van der Waals surface area contributed by atoms with Crippen molar-refractivity contribution in [3.05, 3.63) is 0 Å². The van der Waals surface area contributed by atoms with E-state index in [9.17, 15) is 9.59 Å². The Labute approximate surface area is 323 Å². The van der Waals surface area contributed by atoms with E-state index < -0.39 is 0 Å². The SMILES string of the molecule is CCCCCCCCCCCCOC(=O)CCSCCCC(=N)NCCCNC(=N)CCCSCCC(=O)OCCCCCCCCCCCC. The summed E-state index contributed by atoms with van der Waals surface area (Å²) in [6.07, 6.45) is 30.7. The van der Waals surface area contributed by atoms with Crippen LogP contribution in [0.25, 0.3) is 0 Å². The first-order chi connectivity index (χ1) is 25.0. The van der Waals surface area contributed by atoms with E-state index in [2.05, 4.69) is 24.5 Å². The lowest BCUT2D eigenvalue weighted by atomic mass is 10.1. The number of esters is 2. The maximum Gasteiger partial charge on any atom is 0.306 e. The molecule has 0 spiro atoms. The molecule has 0 aliphatic rings. The Kier molecular flexibility index (Phi) is 40.2. The average Bonchev–Trinajstić information content (AvgIpc) is 3.12. The number of carbonyl (C=O) groups excluding carboxylic acids is 2. The minimum absolute atomic E-state index is 0.0861. The van der Waals surface area contributed by atoms with Gasteiger partial charge in [-0.1, -0.05) is 129 Å². The fraction of sp³-hybridized carbons (Fsp3) is 0.902. The molecule has 300 valence electrons. The van der Waals surface area contributed by atoms with E-state index in [1.54, 1.807) is 23.5 Å². The first-order valence-electron chi connectivity index (χ1n) is 21.1. The van der Waals surface area contributed by atoms with Gasteiger partial charge in [0.25, 0.3) is 0 Å². The minimum atomic E-state index is -0.0861. The molecule has 0 aromatic heterocycles. The van der Waals surface area contributed by atoms with Crippen LogP contribution in [0.15, 0.2) is 0 Å². The molecule has 8 nitrogen and oxygen atoms in total. The van der Waals surface area contributed by atoms with Crippen LogP contribution in [-0.2, 0) is 19.1 Å². The van der Waals surface area contributed by atoms with Gasteiger partial charge in [0.1, 0.15) is 0 Å².